The molecule has 6 heteroatoms. The van der Waals surface area contributed by atoms with Crippen molar-refractivity contribution in [2.45, 2.75) is 13.0 Å². The molecule has 1 aliphatic rings. The van der Waals surface area contributed by atoms with Crippen molar-refractivity contribution in [3.05, 3.63) is 53.6 Å². The molecule has 2 aromatic rings. The third-order valence-corrected chi connectivity index (χ3v) is 5.16. The second-order valence-electron chi connectivity index (χ2n) is 6.57. The third-order valence-electron chi connectivity index (χ3n) is 4.92. The summed E-state index contributed by atoms with van der Waals surface area (Å²) in [6.45, 7) is 5.64. The number of carbonyl (C=O) groups excluding carboxylic acids is 1. The molecule has 1 aliphatic heterocycles. The van der Waals surface area contributed by atoms with Crippen molar-refractivity contribution in [3.63, 3.8) is 0 Å². The number of nitrogens with zero attached hydrogens (tertiary/aromatic N) is 1. The van der Waals surface area contributed by atoms with Crippen LogP contribution in [0.1, 0.15) is 6.92 Å². The first-order valence-electron chi connectivity index (χ1n) is 8.87. The van der Waals surface area contributed by atoms with Crippen LogP contribution in [0, 0.1) is 0 Å². The van der Waals surface area contributed by atoms with E-state index in [9.17, 15) is 4.79 Å². The second-order valence-corrected chi connectivity index (χ2v) is 7.00. The van der Waals surface area contributed by atoms with Gasteiger partial charge in [0.15, 0.2) is 6.04 Å². The van der Waals surface area contributed by atoms with Crippen molar-refractivity contribution in [1.82, 2.24) is 0 Å². The minimum Gasteiger partial charge on any atom is -0.497 e. The quantitative estimate of drug-likeness (QED) is 0.842. The molecule has 2 N–H and O–H groups in total. The molecule has 26 heavy (non-hydrogen) atoms. The van der Waals surface area contributed by atoms with Crippen molar-refractivity contribution in [2.75, 3.05) is 43.5 Å². The Balaban J connectivity index is 1.55. The Morgan fingerprint density at radius 3 is 2.62 bits per heavy atom. The Labute approximate surface area is 159 Å². The smallest absolute Gasteiger partial charge is 0.282 e. The van der Waals surface area contributed by atoms with Crippen LogP contribution in [0.2, 0.25) is 5.02 Å². The van der Waals surface area contributed by atoms with Crippen molar-refractivity contribution in [2.24, 2.45) is 0 Å². The lowest BCUT2D eigenvalue weighted by Gasteiger charge is -2.36. The number of piperazine rings is 1. The molecule has 1 saturated heterocycles. The predicted molar refractivity (Wildman–Crippen MR) is 105 cm³/mol. The highest BCUT2D eigenvalue weighted by atomic mass is 35.5. The number of hydrogen-bond acceptors (Lipinski definition) is 3. The van der Waals surface area contributed by atoms with Crippen LogP contribution < -0.4 is 19.9 Å². The number of benzene rings is 2. The summed E-state index contributed by atoms with van der Waals surface area (Å²) >= 11 is 6.09. The molecule has 0 unspecified atom stereocenters. The highest BCUT2D eigenvalue weighted by Gasteiger charge is 2.29. The average Bonchev–Trinajstić information content (AvgIpc) is 2.67. The van der Waals surface area contributed by atoms with Gasteiger partial charge in [0.05, 0.1) is 33.3 Å². The topological polar surface area (TPSA) is 46.0 Å². The summed E-state index contributed by atoms with van der Waals surface area (Å²) in [6, 6.07) is 15.3. The summed E-state index contributed by atoms with van der Waals surface area (Å²) in [5.74, 6) is 0.766. The first-order chi connectivity index (χ1) is 12.6. The van der Waals surface area contributed by atoms with Gasteiger partial charge in [-0.1, -0.05) is 23.7 Å². The van der Waals surface area contributed by atoms with Crippen LogP contribution in [0.3, 0.4) is 0 Å². The number of carbonyl (C=O) groups is 1. The Bertz CT molecular complexity index is 760. The molecule has 2 aromatic carbocycles. The maximum Gasteiger partial charge on any atom is 0.282 e. The van der Waals surface area contributed by atoms with Gasteiger partial charge in [-0.05, 0) is 37.3 Å². The van der Waals surface area contributed by atoms with Crippen molar-refractivity contribution < 1.29 is 14.4 Å². The van der Waals surface area contributed by atoms with Gasteiger partial charge in [-0.3, -0.25) is 4.79 Å². The van der Waals surface area contributed by atoms with Crippen molar-refractivity contribution >= 4 is 28.9 Å². The van der Waals surface area contributed by atoms with E-state index >= 15 is 0 Å². The van der Waals surface area contributed by atoms with Crippen LogP contribution in [0.4, 0.5) is 11.4 Å². The monoisotopic (exact) mass is 374 g/mol. The largest absolute Gasteiger partial charge is 0.497 e. The number of hydrogen-bond donors (Lipinski definition) is 2. The lowest BCUT2D eigenvalue weighted by atomic mass is 10.2. The molecule has 0 radical (unpaired) electrons. The molecule has 5 nitrogen and oxygen atoms in total. The Hall–Kier alpha value is -2.24. The van der Waals surface area contributed by atoms with Gasteiger partial charge >= 0.3 is 0 Å². The predicted octanol–water partition coefficient (Wildman–Crippen LogP) is 2.08. The maximum atomic E-state index is 12.6. The number of amides is 1. The standard InChI is InChI=1S/C20H24ClN3O2/c1-15(20(25)22-17-6-4-8-19(14-17)26-2)23-9-11-24(12-10-23)18-7-3-5-16(21)13-18/h3-8,13-15H,9-12H2,1-2H3,(H,22,25)/p+1/t15-/m1/s1. The van der Waals surface area contributed by atoms with Gasteiger partial charge in [-0.25, -0.2) is 0 Å². The molecule has 0 spiro atoms. The average molecular weight is 375 g/mol. The second kappa shape index (κ2) is 8.43. The van der Waals surface area contributed by atoms with E-state index < -0.39 is 0 Å². The first-order valence-corrected chi connectivity index (χ1v) is 9.24. The van der Waals surface area contributed by atoms with Crippen molar-refractivity contribution in [1.29, 1.82) is 0 Å². The van der Waals surface area contributed by atoms with E-state index in [-0.39, 0.29) is 11.9 Å². The number of rotatable bonds is 5. The molecule has 0 aromatic heterocycles. The van der Waals surface area contributed by atoms with E-state index in [2.05, 4.69) is 16.3 Å². The number of ether oxygens (including phenoxy) is 1. The Morgan fingerprint density at radius 1 is 1.19 bits per heavy atom. The van der Waals surface area contributed by atoms with Gasteiger partial charge < -0.3 is 19.9 Å². The molecule has 1 atom stereocenters. The highest BCUT2D eigenvalue weighted by Crippen LogP contribution is 2.19. The van der Waals surface area contributed by atoms with Crippen LogP contribution in [0.15, 0.2) is 48.5 Å². The lowest BCUT2D eigenvalue weighted by Crippen LogP contribution is -3.19. The summed E-state index contributed by atoms with van der Waals surface area (Å²) in [5, 5.41) is 3.75. The van der Waals surface area contributed by atoms with Gasteiger partial charge in [0.25, 0.3) is 5.91 Å². The molecule has 0 bridgehead atoms. The SMILES string of the molecule is COc1cccc(NC(=O)[C@@H](C)[NH+]2CCN(c3cccc(Cl)c3)CC2)c1. The Kier molecular flexibility index (Phi) is 6.01. The minimum atomic E-state index is -0.109. The normalized spacial score (nSPS) is 16.2. The number of nitrogens with one attached hydrogen (secondary N) is 2. The summed E-state index contributed by atoms with van der Waals surface area (Å²) < 4.78 is 5.20. The van der Waals surface area contributed by atoms with Crippen LogP contribution in [-0.4, -0.2) is 45.2 Å². The minimum absolute atomic E-state index is 0.0319. The third kappa shape index (κ3) is 4.48. The van der Waals surface area contributed by atoms with E-state index in [4.69, 9.17) is 16.3 Å². The summed E-state index contributed by atoms with van der Waals surface area (Å²) in [7, 11) is 1.62. The summed E-state index contributed by atoms with van der Waals surface area (Å²) in [5.41, 5.74) is 1.91. The Morgan fingerprint density at radius 2 is 1.92 bits per heavy atom. The van der Waals surface area contributed by atoms with Crippen molar-refractivity contribution in [3.8, 4) is 5.75 Å². The fourth-order valence-electron chi connectivity index (χ4n) is 3.29. The summed E-state index contributed by atoms with van der Waals surface area (Å²) in [4.78, 5) is 16.2. The molecule has 0 saturated carbocycles. The van der Waals surface area contributed by atoms with E-state index in [0.717, 1.165) is 48.3 Å². The maximum absolute atomic E-state index is 12.6. The zero-order chi connectivity index (χ0) is 18.5. The van der Waals surface area contributed by atoms with Crippen LogP contribution in [0.25, 0.3) is 0 Å². The van der Waals surface area contributed by atoms with E-state index in [0.29, 0.717) is 0 Å². The van der Waals surface area contributed by atoms with E-state index in [1.54, 1.807) is 7.11 Å². The van der Waals surface area contributed by atoms with Gasteiger partial charge in [-0.2, -0.15) is 0 Å². The molecule has 1 heterocycles. The lowest BCUT2D eigenvalue weighted by molar-refractivity contribution is -0.914. The summed E-state index contributed by atoms with van der Waals surface area (Å²) in [6.07, 6.45) is 0. The van der Waals surface area contributed by atoms with Gasteiger partial charge in [0.2, 0.25) is 0 Å². The zero-order valence-electron chi connectivity index (χ0n) is 15.2. The van der Waals surface area contributed by atoms with Crippen LogP contribution in [-0.2, 0) is 4.79 Å². The number of anilines is 2. The molecule has 0 aliphatic carbocycles. The fourth-order valence-corrected chi connectivity index (χ4v) is 3.48. The zero-order valence-corrected chi connectivity index (χ0v) is 15.9. The van der Waals surface area contributed by atoms with Gasteiger partial charge in [0, 0.05) is 22.5 Å². The van der Waals surface area contributed by atoms with Gasteiger partial charge in [-0.15, -0.1) is 0 Å². The number of halogens is 1. The van der Waals surface area contributed by atoms with E-state index in [1.165, 1.54) is 4.90 Å². The van der Waals surface area contributed by atoms with E-state index in [1.807, 2.05) is 49.4 Å². The number of methoxy groups -OCH3 is 1. The molecular formula is C20H25ClN3O2+. The van der Waals surface area contributed by atoms with Crippen LogP contribution >= 0.6 is 11.6 Å². The molecule has 1 amide bonds. The van der Waals surface area contributed by atoms with Crippen LogP contribution in [0.5, 0.6) is 5.75 Å². The first kappa shape index (κ1) is 18.5. The molecule has 1 fully saturated rings. The number of quaternary nitrogens is 1. The molecule has 138 valence electrons. The fraction of sp³-hybridized carbons (Fsp3) is 0.350. The van der Waals surface area contributed by atoms with Gasteiger partial charge in [0.1, 0.15) is 5.75 Å². The molecule has 3 rings (SSSR count). The highest BCUT2D eigenvalue weighted by molar-refractivity contribution is 6.30. The molecular weight excluding hydrogens is 350 g/mol.